The minimum atomic E-state index is -0.761. The summed E-state index contributed by atoms with van der Waals surface area (Å²) in [6.07, 6.45) is 7.83. The Morgan fingerprint density at radius 2 is 0.986 bits per heavy atom. The van der Waals surface area contributed by atoms with Crippen molar-refractivity contribution in [2.75, 3.05) is 14.2 Å². The standard InChI is InChI=1S/C52H66N8O10/c1-25-9-11-39(59(25)49(61)45(57-51(63)65-7)33-13-27(3)69-28(4)14-33)47-53-21-37(55-47)31-17-35-23-68-42-20-32(18-36-24-67-41(19-31)43(35)44(36)42)38-22-54-48(56-38)40-12-10-26(2)60(40)50(62)46(58-52(64)66-8)34-15-29(5)70-30(6)16-34/h17-22,25-30,33-34,39-40,45-46H,9-16,23-24H2,1-8H3,(H,53,55)(H,54,56)(H,57,63)(H,58,64)/t25-,26-,27-,28+,29-,30+,33+,34+,39-,40-,45-,46-/m0/s1. The summed E-state index contributed by atoms with van der Waals surface area (Å²) in [4.78, 5) is 74.9. The molecule has 0 radical (unpaired) electrons. The number of hydrogen-bond acceptors (Lipinski definition) is 12. The van der Waals surface area contributed by atoms with Crippen molar-refractivity contribution in [3.8, 4) is 45.1 Å². The zero-order valence-electron chi connectivity index (χ0n) is 41.3. The smallest absolute Gasteiger partial charge is 0.407 e. The molecule has 10 rings (SSSR count). The quantitative estimate of drug-likeness (QED) is 0.120. The van der Waals surface area contributed by atoms with Crippen molar-refractivity contribution in [1.82, 2.24) is 40.4 Å². The number of aromatic amines is 2. The van der Waals surface area contributed by atoms with Crippen LogP contribution >= 0.6 is 0 Å². The van der Waals surface area contributed by atoms with Gasteiger partial charge in [0.1, 0.15) is 48.4 Å². The van der Waals surface area contributed by atoms with Crippen molar-refractivity contribution >= 4 is 24.0 Å². The molecule has 6 aliphatic rings. The van der Waals surface area contributed by atoms with Crippen LogP contribution in [-0.2, 0) is 41.8 Å². The van der Waals surface area contributed by atoms with E-state index < -0.39 is 24.3 Å². The lowest BCUT2D eigenvalue weighted by molar-refractivity contribution is -0.141. The Bertz CT molecular complexity index is 2400. The largest absolute Gasteiger partial charge is 0.488 e. The molecule has 6 aliphatic heterocycles. The summed E-state index contributed by atoms with van der Waals surface area (Å²) in [5.41, 5.74) is 7.35. The number of hydrogen-bond donors (Lipinski definition) is 4. The number of aromatic nitrogens is 4. The molecule has 18 heteroatoms. The van der Waals surface area contributed by atoms with Gasteiger partial charge in [0.05, 0.1) is 74.5 Å². The van der Waals surface area contributed by atoms with Crippen LogP contribution in [0.3, 0.4) is 0 Å². The van der Waals surface area contributed by atoms with E-state index in [0.29, 0.717) is 50.5 Å². The first-order valence-electron chi connectivity index (χ1n) is 25.0. The SMILES string of the molecule is COC(=O)N[C@H](C(=O)N1[C@@H](C)CC[C@H]1c1ncc(-c2cc3c4c(c2)OCc2cc(-c5cnc([C@@H]6CC[C@H](C)N6C(=O)[C@@H](NC(=O)OC)[C@H]6C[C@@H](C)O[C@@H](C)C6)[nH]5)cc(c2-4)OC3)[nH]1)[C@H]1C[C@@H](C)O[C@@H](C)C1. The molecule has 12 atom stereocenters. The van der Waals surface area contributed by atoms with E-state index in [9.17, 15) is 19.2 Å². The van der Waals surface area contributed by atoms with E-state index in [1.54, 1.807) is 0 Å². The fraction of sp³-hybridized carbons (Fsp3) is 0.577. The highest BCUT2D eigenvalue weighted by molar-refractivity contribution is 5.90. The van der Waals surface area contributed by atoms with Crippen LogP contribution in [-0.4, -0.2) is 117 Å². The summed E-state index contributed by atoms with van der Waals surface area (Å²) < 4.78 is 35.0. The van der Waals surface area contributed by atoms with Crippen LogP contribution in [0.1, 0.15) is 128 Å². The average Bonchev–Trinajstić information content (AvgIpc) is 4.17. The van der Waals surface area contributed by atoms with Crippen molar-refractivity contribution in [2.24, 2.45) is 11.8 Å². The first-order chi connectivity index (χ1) is 33.7. The zero-order valence-corrected chi connectivity index (χ0v) is 41.3. The Labute approximate surface area is 408 Å². The lowest BCUT2D eigenvalue weighted by Gasteiger charge is -2.39. The maximum atomic E-state index is 14.6. The number of carbonyl (C=O) groups is 4. The predicted octanol–water partition coefficient (Wildman–Crippen LogP) is 7.88. The third-order valence-electron chi connectivity index (χ3n) is 15.5. The molecule has 4 saturated heterocycles. The summed E-state index contributed by atoms with van der Waals surface area (Å²) in [5.74, 6) is 2.37. The molecule has 4 N–H and O–H groups in total. The van der Waals surface area contributed by atoms with Crippen molar-refractivity contribution in [3.63, 3.8) is 0 Å². The van der Waals surface area contributed by atoms with Gasteiger partial charge in [-0.3, -0.25) is 9.59 Å². The van der Waals surface area contributed by atoms with Gasteiger partial charge in [0.25, 0.3) is 0 Å². The molecule has 2 aromatic carbocycles. The number of benzene rings is 2. The van der Waals surface area contributed by atoms with Gasteiger partial charge in [-0.15, -0.1) is 0 Å². The second-order valence-electron chi connectivity index (χ2n) is 20.5. The van der Waals surface area contributed by atoms with E-state index >= 15 is 0 Å². The summed E-state index contributed by atoms with van der Waals surface area (Å²) in [7, 11) is 2.62. The maximum absolute atomic E-state index is 14.6. The summed E-state index contributed by atoms with van der Waals surface area (Å²) in [6, 6.07) is 6.05. The van der Waals surface area contributed by atoms with Crippen LogP contribution in [0.25, 0.3) is 33.6 Å². The average molecular weight is 963 g/mol. The number of H-pyrrole nitrogens is 2. The van der Waals surface area contributed by atoms with Gasteiger partial charge in [0, 0.05) is 45.5 Å². The topological polar surface area (TPSA) is 212 Å². The Morgan fingerprint density at radius 1 is 0.600 bits per heavy atom. The van der Waals surface area contributed by atoms with Gasteiger partial charge in [0.15, 0.2) is 0 Å². The van der Waals surface area contributed by atoms with E-state index in [4.69, 9.17) is 38.4 Å². The molecular weight excluding hydrogens is 897 g/mol. The predicted molar refractivity (Wildman–Crippen MR) is 256 cm³/mol. The molecule has 70 heavy (non-hydrogen) atoms. The number of nitrogens with one attached hydrogen (secondary N) is 4. The second kappa shape index (κ2) is 19.2. The van der Waals surface area contributed by atoms with Gasteiger partial charge < -0.3 is 58.8 Å². The number of imidazole rings is 2. The van der Waals surface area contributed by atoms with Crippen molar-refractivity contribution < 1.29 is 47.6 Å². The number of amides is 4. The summed E-state index contributed by atoms with van der Waals surface area (Å²) in [6.45, 7) is 12.8. The number of nitrogens with zero attached hydrogens (tertiary/aromatic N) is 4. The minimum Gasteiger partial charge on any atom is -0.488 e. The number of alkyl carbamates (subject to hydrolysis) is 2. The van der Waals surface area contributed by atoms with Crippen molar-refractivity contribution in [1.29, 1.82) is 0 Å². The monoisotopic (exact) mass is 962 g/mol. The number of likely N-dealkylation sites (tertiary alicyclic amines) is 2. The van der Waals surface area contributed by atoms with E-state index in [2.05, 4.69) is 32.7 Å². The fourth-order valence-corrected chi connectivity index (χ4v) is 12.5. The maximum Gasteiger partial charge on any atom is 0.407 e. The van der Waals surface area contributed by atoms with E-state index in [-0.39, 0.29) is 72.2 Å². The number of methoxy groups -OCH3 is 2. The first-order valence-corrected chi connectivity index (χ1v) is 25.0. The molecule has 0 spiro atoms. The van der Waals surface area contributed by atoms with Gasteiger partial charge in [-0.25, -0.2) is 19.6 Å². The third kappa shape index (κ3) is 8.97. The lowest BCUT2D eigenvalue weighted by atomic mass is 9.85. The second-order valence-corrected chi connectivity index (χ2v) is 20.5. The zero-order chi connectivity index (χ0) is 49.1. The Hall–Kier alpha value is -6.14. The fourth-order valence-electron chi connectivity index (χ4n) is 12.5. The Morgan fingerprint density at radius 3 is 1.36 bits per heavy atom. The molecule has 0 unspecified atom stereocenters. The van der Waals surface area contributed by atoms with Crippen LogP contribution in [0.4, 0.5) is 9.59 Å². The van der Waals surface area contributed by atoms with E-state index in [1.165, 1.54) is 14.2 Å². The molecule has 8 heterocycles. The number of carbonyl (C=O) groups excluding carboxylic acids is 4. The highest BCUT2D eigenvalue weighted by atomic mass is 16.5. The van der Waals surface area contributed by atoms with Crippen LogP contribution in [0.15, 0.2) is 36.7 Å². The van der Waals surface area contributed by atoms with Gasteiger partial charge in [-0.1, -0.05) is 0 Å². The van der Waals surface area contributed by atoms with Gasteiger partial charge in [0.2, 0.25) is 11.8 Å². The number of rotatable bonds is 10. The summed E-state index contributed by atoms with van der Waals surface area (Å²) in [5, 5.41) is 5.77. The van der Waals surface area contributed by atoms with Crippen LogP contribution < -0.4 is 20.1 Å². The van der Waals surface area contributed by atoms with Gasteiger partial charge >= 0.3 is 12.2 Å². The van der Waals surface area contributed by atoms with Crippen molar-refractivity contribution in [2.45, 2.75) is 167 Å². The molecule has 0 bridgehead atoms. The Kier molecular flexibility index (Phi) is 13.1. The highest BCUT2D eigenvalue weighted by Crippen LogP contribution is 2.51. The van der Waals surface area contributed by atoms with Gasteiger partial charge in [-0.05, 0) is 129 Å². The minimum absolute atomic E-state index is 0.0399. The molecule has 374 valence electrons. The molecule has 0 saturated carbocycles. The first kappa shape index (κ1) is 47.5. The number of ether oxygens (including phenoxy) is 6. The van der Waals surface area contributed by atoms with E-state index in [0.717, 1.165) is 82.0 Å². The van der Waals surface area contributed by atoms with Gasteiger partial charge in [-0.2, -0.15) is 0 Å². The molecule has 4 fully saturated rings. The van der Waals surface area contributed by atoms with Crippen LogP contribution in [0.2, 0.25) is 0 Å². The molecule has 18 nitrogen and oxygen atoms in total. The molecular formula is C52H66N8O10. The highest BCUT2D eigenvalue weighted by Gasteiger charge is 2.46. The molecule has 4 aromatic rings. The lowest BCUT2D eigenvalue weighted by Crippen LogP contribution is -2.55. The van der Waals surface area contributed by atoms with Crippen LogP contribution in [0, 0.1) is 11.8 Å². The van der Waals surface area contributed by atoms with Crippen molar-refractivity contribution in [3.05, 3.63) is 59.4 Å². The molecule has 4 amide bonds. The summed E-state index contributed by atoms with van der Waals surface area (Å²) >= 11 is 0. The Balaban J connectivity index is 0.877. The molecule has 0 aliphatic carbocycles. The third-order valence-corrected chi connectivity index (χ3v) is 15.5. The van der Waals surface area contributed by atoms with Crippen LogP contribution in [0.5, 0.6) is 11.5 Å². The van der Waals surface area contributed by atoms with E-state index in [1.807, 2.05) is 75.9 Å². The normalized spacial score (nSPS) is 28.7. The molecule has 2 aromatic heterocycles.